The molecule has 0 aliphatic heterocycles. The largest absolute Gasteiger partial charge is 0.478 e. The summed E-state index contributed by atoms with van der Waals surface area (Å²) in [7, 11) is -4.34. The standard InChI is InChI=1S/C11H9N3O6S/c15-9-8(5-12-11(18)13-9)21(19,20)14-7-4-2-1-3-6(7)10(16)17/h1-5,14H,(H,16,17)(H2,12,13,15,18). The van der Waals surface area contributed by atoms with Crippen LogP contribution in [0.4, 0.5) is 5.69 Å². The number of aromatic amines is 2. The molecule has 0 spiro atoms. The van der Waals surface area contributed by atoms with Gasteiger partial charge in [0.25, 0.3) is 15.6 Å². The molecule has 0 saturated carbocycles. The van der Waals surface area contributed by atoms with Crippen molar-refractivity contribution in [1.82, 2.24) is 9.97 Å². The normalized spacial score (nSPS) is 11.0. The van der Waals surface area contributed by atoms with E-state index in [0.29, 0.717) is 0 Å². The van der Waals surface area contributed by atoms with E-state index in [2.05, 4.69) is 0 Å². The number of sulfonamides is 1. The van der Waals surface area contributed by atoms with Gasteiger partial charge in [-0.2, -0.15) is 0 Å². The molecule has 2 aromatic rings. The van der Waals surface area contributed by atoms with Gasteiger partial charge in [0.1, 0.15) is 0 Å². The van der Waals surface area contributed by atoms with Crippen molar-refractivity contribution >= 4 is 21.7 Å². The van der Waals surface area contributed by atoms with Gasteiger partial charge in [-0.3, -0.25) is 14.5 Å². The van der Waals surface area contributed by atoms with Crippen LogP contribution >= 0.6 is 0 Å². The Morgan fingerprint density at radius 3 is 2.48 bits per heavy atom. The monoisotopic (exact) mass is 311 g/mol. The van der Waals surface area contributed by atoms with Crippen molar-refractivity contribution in [2.45, 2.75) is 4.90 Å². The molecule has 2 rings (SSSR count). The zero-order valence-electron chi connectivity index (χ0n) is 10.3. The number of aromatic carboxylic acids is 1. The van der Waals surface area contributed by atoms with E-state index in [1.807, 2.05) is 9.71 Å². The molecule has 0 radical (unpaired) electrons. The molecule has 0 amide bonds. The molecule has 4 N–H and O–H groups in total. The molecule has 110 valence electrons. The van der Waals surface area contributed by atoms with E-state index in [9.17, 15) is 22.8 Å². The number of benzene rings is 1. The Morgan fingerprint density at radius 1 is 1.19 bits per heavy atom. The molecule has 9 nitrogen and oxygen atoms in total. The zero-order valence-corrected chi connectivity index (χ0v) is 11.1. The molecule has 1 aromatic heterocycles. The summed E-state index contributed by atoms with van der Waals surface area (Å²) in [5.41, 5.74) is -2.44. The second-order valence-electron chi connectivity index (χ2n) is 3.89. The van der Waals surface area contributed by atoms with Gasteiger partial charge in [0.05, 0.1) is 11.3 Å². The molecule has 21 heavy (non-hydrogen) atoms. The summed E-state index contributed by atoms with van der Waals surface area (Å²) in [4.78, 5) is 36.4. The number of nitrogens with one attached hydrogen (secondary N) is 3. The van der Waals surface area contributed by atoms with Gasteiger partial charge in [0.15, 0.2) is 4.90 Å². The van der Waals surface area contributed by atoms with Crippen molar-refractivity contribution in [2.24, 2.45) is 0 Å². The number of carboxylic acids is 1. The molecule has 0 unspecified atom stereocenters. The molecule has 0 aliphatic rings. The third kappa shape index (κ3) is 3.00. The van der Waals surface area contributed by atoms with Crippen molar-refractivity contribution in [3.8, 4) is 0 Å². The van der Waals surface area contributed by atoms with Gasteiger partial charge in [-0.05, 0) is 12.1 Å². The summed E-state index contributed by atoms with van der Waals surface area (Å²) in [6, 6.07) is 5.30. The molecular weight excluding hydrogens is 302 g/mol. The van der Waals surface area contributed by atoms with Crippen LogP contribution in [0.5, 0.6) is 0 Å². The van der Waals surface area contributed by atoms with Crippen LogP contribution in [0.25, 0.3) is 0 Å². The first-order valence-corrected chi connectivity index (χ1v) is 6.97. The number of aromatic nitrogens is 2. The number of anilines is 1. The Labute approximate surface area is 117 Å². The van der Waals surface area contributed by atoms with Crippen LogP contribution in [-0.4, -0.2) is 29.5 Å². The first-order valence-electron chi connectivity index (χ1n) is 5.48. The van der Waals surface area contributed by atoms with Crippen LogP contribution < -0.4 is 16.0 Å². The Hall–Kier alpha value is -2.88. The van der Waals surface area contributed by atoms with Crippen LogP contribution in [0, 0.1) is 0 Å². The number of para-hydroxylation sites is 1. The highest BCUT2D eigenvalue weighted by molar-refractivity contribution is 7.92. The quantitative estimate of drug-likeness (QED) is 0.601. The number of carboxylic acid groups (broad SMARTS) is 1. The van der Waals surface area contributed by atoms with Crippen LogP contribution in [0.3, 0.4) is 0 Å². The second-order valence-corrected chi connectivity index (χ2v) is 5.54. The lowest BCUT2D eigenvalue weighted by atomic mass is 10.2. The Balaban J connectivity index is 2.50. The summed E-state index contributed by atoms with van der Waals surface area (Å²) < 4.78 is 26.1. The summed E-state index contributed by atoms with van der Waals surface area (Å²) in [5.74, 6) is -1.33. The minimum atomic E-state index is -4.34. The average Bonchev–Trinajstić information content (AvgIpc) is 2.37. The van der Waals surface area contributed by atoms with Crippen LogP contribution in [0.15, 0.2) is 44.9 Å². The highest BCUT2D eigenvalue weighted by atomic mass is 32.2. The zero-order chi connectivity index (χ0) is 15.6. The maximum atomic E-state index is 12.1. The van der Waals surface area contributed by atoms with Gasteiger partial charge in [0.2, 0.25) is 0 Å². The molecule has 1 aromatic carbocycles. The van der Waals surface area contributed by atoms with E-state index in [1.165, 1.54) is 24.3 Å². The third-order valence-corrected chi connectivity index (χ3v) is 3.85. The van der Waals surface area contributed by atoms with Crippen molar-refractivity contribution in [2.75, 3.05) is 4.72 Å². The minimum Gasteiger partial charge on any atom is -0.478 e. The van der Waals surface area contributed by atoms with Gasteiger partial charge < -0.3 is 10.1 Å². The Bertz CT molecular complexity index is 912. The van der Waals surface area contributed by atoms with Crippen molar-refractivity contribution in [1.29, 1.82) is 0 Å². The maximum Gasteiger partial charge on any atom is 0.337 e. The molecule has 0 saturated heterocycles. The van der Waals surface area contributed by atoms with Crippen molar-refractivity contribution in [3.05, 3.63) is 56.9 Å². The first-order chi connectivity index (χ1) is 9.81. The molecule has 0 aliphatic carbocycles. The van der Waals surface area contributed by atoms with E-state index in [-0.39, 0.29) is 11.3 Å². The fraction of sp³-hybridized carbons (Fsp3) is 0. The number of H-pyrrole nitrogens is 2. The SMILES string of the molecule is O=C(O)c1ccccc1NS(=O)(=O)c1c[nH]c(=O)[nH]c1=O. The van der Waals surface area contributed by atoms with Gasteiger partial charge >= 0.3 is 11.7 Å². The summed E-state index contributed by atoms with van der Waals surface area (Å²) in [5, 5.41) is 8.97. The van der Waals surface area contributed by atoms with Crippen LogP contribution in [-0.2, 0) is 10.0 Å². The molecule has 0 bridgehead atoms. The maximum absolute atomic E-state index is 12.1. The first kappa shape index (κ1) is 14.5. The topological polar surface area (TPSA) is 149 Å². The number of hydrogen-bond donors (Lipinski definition) is 4. The van der Waals surface area contributed by atoms with E-state index in [4.69, 9.17) is 5.11 Å². The minimum absolute atomic E-state index is 0.199. The second kappa shape index (κ2) is 5.25. The summed E-state index contributed by atoms with van der Waals surface area (Å²) in [6.07, 6.45) is 0.729. The predicted octanol–water partition coefficient (Wildman–Crippen LogP) is -0.438. The molecule has 1 heterocycles. The van der Waals surface area contributed by atoms with E-state index >= 15 is 0 Å². The Morgan fingerprint density at radius 2 is 1.86 bits per heavy atom. The third-order valence-electron chi connectivity index (χ3n) is 2.48. The smallest absolute Gasteiger partial charge is 0.337 e. The number of carbonyl (C=O) groups is 1. The fourth-order valence-electron chi connectivity index (χ4n) is 1.56. The summed E-state index contributed by atoms with van der Waals surface area (Å²) >= 11 is 0. The van der Waals surface area contributed by atoms with Crippen LogP contribution in [0.2, 0.25) is 0 Å². The number of rotatable bonds is 4. The lowest BCUT2D eigenvalue weighted by Gasteiger charge is -2.09. The molecule has 0 atom stereocenters. The lowest BCUT2D eigenvalue weighted by Crippen LogP contribution is -2.29. The van der Waals surface area contributed by atoms with Crippen LogP contribution in [0.1, 0.15) is 10.4 Å². The number of hydrogen-bond acceptors (Lipinski definition) is 5. The molecule has 10 heteroatoms. The van der Waals surface area contributed by atoms with E-state index in [1.54, 1.807) is 4.98 Å². The summed E-state index contributed by atoms with van der Waals surface area (Å²) in [6.45, 7) is 0. The van der Waals surface area contributed by atoms with Gasteiger partial charge in [-0.25, -0.2) is 18.0 Å². The van der Waals surface area contributed by atoms with E-state index < -0.39 is 32.1 Å². The molecular formula is C11H9N3O6S. The van der Waals surface area contributed by atoms with E-state index in [0.717, 1.165) is 6.20 Å². The highest BCUT2D eigenvalue weighted by Crippen LogP contribution is 2.18. The Kier molecular flexibility index (Phi) is 3.63. The van der Waals surface area contributed by atoms with Crippen molar-refractivity contribution in [3.63, 3.8) is 0 Å². The van der Waals surface area contributed by atoms with Gasteiger partial charge in [-0.15, -0.1) is 0 Å². The van der Waals surface area contributed by atoms with Crippen molar-refractivity contribution < 1.29 is 18.3 Å². The van der Waals surface area contributed by atoms with Gasteiger partial charge in [-0.1, -0.05) is 12.1 Å². The predicted molar refractivity (Wildman–Crippen MR) is 71.9 cm³/mol. The molecule has 0 fully saturated rings. The highest BCUT2D eigenvalue weighted by Gasteiger charge is 2.21. The fourth-order valence-corrected chi connectivity index (χ4v) is 2.64. The lowest BCUT2D eigenvalue weighted by molar-refractivity contribution is 0.0698. The van der Waals surface area contributed by atoms with Gasteiger partial charge in [0, 0.05) is 6.20 Å². The average molecular weight is 311 g/mol.